The summed E-state index contributed by atoms with van der Waals surface area (Å²) in [6, 6.07) is 0. The van der Waals surface area contributed by atoms with Crippen molar-refractivity contribution in [3.05, 3.63) is 0 Å². The zero-order valence-electron chi connectivity index (χ0n) is 6.32. The molecular weight excluding hydrogens is 187 g/mol. The molecule has 0 spiro atoms. The Morgan fingerprint density at radius 3 is 2.54 bits per heavy atom. The van der Waals surface area contributed by atoms with Gasteiger partial charge in [0.15, 0.2) is 6.61 Å². The molecule has 13 heavy (non-hydrogen) atoms. The number of halogens is 1. The van der Waals surface area contributed by atoms with Crippen LogP contribution in [0, 0.1) is 0 Å². The Balaban J connectivity index is 2.07. The molecule has 0 saturated carbocycles. The van der Waals surface area contributed by atoms with Crippen molar-refractivity contribution in [2.45, 2.75) is 12.0 Å². The minimum atomic E-state index is -2.41. The van der Waals surface area contributed by atoms with E-state index >= 15 is 0 Å². The number of hydrogen-bond donors (Lipinski definition) is 0. The lowest BCUT2D eigenvalue weighted by Crippen LogP contribution is -2.42. The van der Waals surface area contributed by atoms with Crippen LogP contribution in [0.2, 0.25) is 0 Å². The van der Waals surface area contributed by atoms with Crippen molar-refractivity contribution in [2.75, 3.05) is 13.2 Å². The average Bonchev–Trinajstić information content (AvgIpc) is 2.60. The summed E-state index contributed by atoms with van der Waals surface area (Å²) in [5.74, 6) is -2.41. The van der Waals surface area contributed by atoms with E-state index in [1.165, 1.54) is 0 Å². The van der Waals surface area contributed by atoms with Crippen molar-refractivity contribution < 1.29 is 32.9 Å². The minimum absolute atomic E-state index is 0.286. The molecule has 2 atom stereocenters. The lowest BCUT2D eigenvalue weighted by molar-refractivity contribution is -0.133. The van der Waals surface area contributed by atoms with Gasteiger partial charge in [0, 0.05) is 0 Å². The van der Waals surface area contributed by atoms with Gasteiger partial charge in [-0.2, -0.15) is 4.39 Å². The van der Waals surface area contributed by atoms with Gasteiger partial charge in [-0.1, -0.05) is 0 Å². The first-order chi connectivity index (χ1) is 6.10. The Hall–Kier alpha value is -1.53. The monoisotopic (exact) mass is 192 g/mol. The van der Waals surface area contributed by atoms with Gasteiger partial charge in [-0.15, -0.1) is 0 Å². The molecule has 0 radical (unpaired) electrons. The molecule has 2 unspecified atom stereocenters. The van der Waals surface area contributed by atoms with Crippen LogP contribution >= 0.6 is 0 Å². The molecule has 0 bridgehead atoms. The predicted molar refractivity (Wildman–Crippen MR) is 32.5 cm³/mol. The average molecular weight is 192 g/mol. The summed E-state index contributed by atoms with van der Waals surface area (Å²) in [5.41, 5.74) is 0. The molecule has 72 valence electrons. The molecular formula is C6H5FO6. The number of carbonyl (C=O) groups excluding carboxylic acids is 2. The number of cyclic esters (lactones) is 4. The molecule has 2 rings (SSSR count). The standard InChI is InChI=1S/C6H5FO6/c7-6(2-11-5(9)13-6)3-1-10-4(8)12-3/h3H,1-2H2. The number of alkyl halides is 1. The SMILES string of the molecule is O=C1OCC(C2(F)COC(=O)O2)O1. The summed E-state index contributed by atoms with van der Waals surface area (Å²) in [6.45, 7) is -0.876. The van der Waals surface area contributed by atoms with Crippen molar-refractivity contribution in [2.24, 2.45) is 0 Å². The molecule has 2 aliphatic heterocycles. The topological polar surface area (TPSA) is 71.1 Å². The second kappa shape index (κ2) is 2.48. The maximum atomic E-state index is 13.5. The van der Waals surface area contributed by atoms with Crippen LogP contribution in [0.3, 0.4) is 0 Å². The molecule has 0 aromatic rings. The van der Waals surface area contributed by atoms with E-state index in [-0.39, 0.29) is 6.61 Å². The Morgan fingerprint density at radius 2 is 2.08 bits per heavy atom. The third-order valence-electron chi connectivity index (χ3n) is 1.71. The largest absolute Gasteiger partial charge is 0.511 e. The molecule has 6 nitrogen and oxygen atoms in total. The lowest BCUT2D eigenvalue weighted by atomic mass is 10.2. The van der Waals surface area contributed by atoms with Gasteiger partial charge in [0.2, 0.25) is 6.10 Å². The first-order valence-electron chi connectivity index (χ1n) is 3.48. The van der Waals surface area contributed by atoms with E-state index in [1.54, 1.807) is 0 Å². The van der Waals surface area contributed by atoms with Crippen LogP contribution in [0.15, 0.2) is 0 Å². The van der Waals surface area contributed by atoms with E-state index in [9.17, 15) is 14.0 Å². The van der Waals surface area contributed by atoms with Gasteiger partial charge in [0.1, 0.15) is 6.61 Å². The first-order valence-corrected chi connectivity index (χ1v) is 3.48. The third kappa shape index (κ3) is 1.25. The van der Waals surface area contributed by atoms with Crippen molar-refractivity contribution in [3.63, 3.8) is 0 Å². The number of carbonyl (C=O) groups is 2. The number of rotatable bonds is 1. The minimum Gasteiger partial charge on any atom is -0.430 e. The molecule has 7 heteroatoms. The Labute approximate surface area is 71.5 Å². The molecule has 2 aliphatic rings. The van der Waals surface area contributed by atoms with Gasteiger partial charge in [0.25, 0.3) is 0 Å². The van der Waals surface area contributed by atoms with E-state index in [2.05, 4.69) is 18.9 Å². The van der Waals surface area contributed by atoms with Gasteiger partial charge < -0.3 is 18.9 Å². The molecule has 2 saturated heterocycles. The van der Waals surface area contributed by atoms with Crippen molar-refractivity contribution >= 4 is 12.3 Å². The smallest absolute Gasteiger partial charge is 0.430 e. The molecule has 0 aromatic heterocycles. The highest BCUT2D eigenvalue weighted by molar-refractivity contribution is 5.64. The quantitative estimate of drug-likeness (QED) is 0.558. The van der Waals surface area contributed by atoms with E-state index < -0.39 is 30.9 Å². The summed E-state index contributed by atoms with van der Waals surface area (Å²) in [5, 5.41) is 0. The fraction of sp³-hybridized carbons (Fsp3) is 0.667. The number of hydrogen-bond acceptors (Lipinski definition) is 6. The van der Waals surface area contributed by atoms with Gasteiger partial charge >= 0.3 is 18.2 Å². The van der Waals surface area contributed by atoms with E-state index in [1.807, 2.05) is 0 Å². The highest BCUT2D eigenvalue weighted by atomic mass is 19.2. The number of ether oxygens (including phenoxy) is 4. The lowest BCUT2D eigenvalue weighted by Gasteiger charge is -2.18. The fourth-order valence-electron chi connectivity index (χ4n) is 1.05. The van der Waals surface area contributed by atoms with Gasteiger partial charge in [-0.05, 0) is 0 Å². The fourth-order valence-corrected chi connectivity index (χ4v) is 1.05. The van der Waals surface area contributed by atoms with Crippen LogP contribution in [0.1, 0.15) is 0 Å². The zero-order chi connectivity index (χ0) is 9.47. The molecule has 0 N–H and O–H groups in total. The van der Waals surface area contributed by atoms with Crippen LogP contribution in [-0.2, 0) is 18.9 Å². The maximum Gasteiger partial charge on any atom is 0.511 e. The normalized spacial score (nSPS) is 37.8. The predicted octanol–water partition coefficient (Wildman–Crippen LogP) is 0.354. The Bertz CT molecular complexity index is 266. The van der Waals surface area contributed by atoms with E-state index in [0.717, 1.165) is 0 Å². The summed E-state index contributed by atoms with van der Waals surface area (Å²) in [6.07, 6.45) is -3.35. The molecule has 0 aliphatic carbocycles. The van der Waals surface area contributed by atoms with Gasteiger partial charge in [-0.3, -0.25) is 0 Å². The van der Waals surface area contributed by atoms with Crippen LogP contribution < -0.4 is 0 Å². The third-order valence-corrected chi connectivity index (χ3v) is 1.71. The first kappa shape index (κ1) is 8.09. The van der Waals surface area contributed by atoms with Gasteiger partial charge in [-0.25, -0.2) is 9.59 Å². The second-order valence-electron chi connectivity index (χ2n) is 2.59. The van der Waals surface area contributed by atoms with Crippen LogP contribution in [-0.4, -0.2) is 37.5 Å². The van der Waals surface area contributed by atoms with Crippen molar-refractivity contribution in [1.29, 1.82) is 0 Å². The van der Waals surface area contributed by atoms with E-state index in [0.29, 0.717) is 0 Å². The van der Waals surface area contributed by atoms with E-state index in [4.69, 9.17) is 0 Å². The molecule has 0 aromatic carbocycles. The Morgan fingerprint density at radius 1 is 1.31 bits per heavy atom. The molecule has 0 amide bonds. The van der Waals surface area contributed by atoms with Crippen LogP contribution in [0.4, 0.5) is 14.0 Å². The highest BCUT2D eigenvalue weighted by Gasteiger charge is 2.55. The zero-order valence-corrected chi connectivity index (χ0v) is 6.32. The maximum absolute atomic E-state index is 13.5. The Kier molecular flexibility index (Phi) is 1.54. The van der Waals surface area contributed by atoms with Crippen molar-refractivity contribution in [3.8, 4) is 0 Å². The van der Waals surface area contributed by atoms with Crippen molar-refractivity contribution in [1.82, 2.24) is 0 Å². The second-order valence-corrected chi connectivity index (χ2v) is 2.59. The summed E-state index contributed by atoms with van der Waals surface area (Å²) in [4.78, 5) is 20.9. The van der Waals surface area contributed by atoms with Crippen LogP contribution in [0.5, 0.6) is 0 Å². The summed E-state index contributed by atoms with van der Waals surface area (Å²) in [7, 11) is 0. The molecule has 2 heterocycles. The van der Waals surface area contributed by atoms with Gasteiger partial charge in [0.05, 0.1) is 0 Å². The highest BCUT2D eigenvalue weighted by Crippen LogP contribution is 2.30. The molecule has 2 fully saturated rings. The van der Waals surface area contributed by atoms with Crippen LogP contribution in [0.25, 0.3) is 0 Å². The summed E-state index contributed by atoms with van der Waals surface area (Å²) >= 11 is 0. The summed E-state index contributed by atoms with van der Waals surface area (Å²) < 4.78 is 30.7.